The number of aromatic nitrogens is 5. The van der Waals surface area contributed by atoms with Crippen LogP contribution in [0.1, 0.15) is 42.9 Å². The summed E-state index contributed by atoms with van der Waals surface area (Å²) in [5.74, 6) is -1.18. The summed E-state index contributed by atoms with van der Waals surface area (Å²) in [6, 6.07) is 6.95. The number of benzene rings is 2. The number of halogens is 4. The van der Waals surface area contributed by atoms with Crippen molar-refractivity contribution in [3.63, 3.8) is 0 Å². The maximum absolute atomic E-state index is 15.5. The standard InChI is InChI=1S/C24H17F4N5/c25-17-6-4-13(8-15(17)24(27)28)19-11-33-20(10-29-19)31-22(12-2-1-3-12)23(33)14-5-7-18-16(21(14)26)9-30-32-18/h4-12,24H,1-3H2,(H,30,32). The van der Waals surface area contributed by atoms with Crippen LogP contribution >= 0.6 is 0 Å². The molecule has 33 heavy (non-hydrogen) atoms. The summed E-state index contributed by atoms with van der Waals surface area (Å²) in [5.41, 5.74) is 2.89. The van der Waals surface area contributed by atoms with Crippen LogP contribution < -0.4 is 0 Å². The van der Waals surface area contributed by atoms with Gasteiger partial charge in [0.2, 0.25) is 0 Å². The Morgan fingerprint density at radius 2 is 1.91 bits per heavy atom. The lowest BCUT2D eigenvalue weighted by molar-refractivity contribution is 0.146. The lowest BCUT2D eigenvalue weighted by Gasteiger charge is -2.24. The summed E-state index contributed by atoms with van der Waals surface area (Å²) < 4.78 is 57.5. The highest BCUT2D eigenvalue weighted by Crippen LogP contribution is 2.42. The number of fused-ring (bicyclic) bond motifs is 2. The van der Waals surface area contributed by atoms with Gasteiger partial charge in [-0.15, -0.1) is 0 Å². The number of nitrogens with one attached hydrogen (secondary N) is 1. The number of rotatable bonds is 4. The van der Waals surface area contributed by atoms with E-state index in [1.807, 2.05) is 0 Å². The molecule has 1 N–H and O–H groups in total. The molecule has 6 rings (SSSR count). The molecule has 0 bridgehead atoms. The first-order chi connectivity index (χ1) is 16.0. The van der Waals surface area contributed by atoms with Gasteiger partial charge in [-0.25, -0.2) is 22.5 Å². The number of hydrogen-bond acceptors (Lipinski definition) is 3. The van der Waals surface area contributed by atoms with Crippen molar-refractivity contribution in [3.05, 3.63) is 71.8 Å². The average Bonchev–Trinajstić information content (AvgIpc) is 3.38. The molecule has 0 amide bonds. The molecule has 0 atom stereocenters. The summed E-state index contributed by atoms with van der Waals surface area (Å²) >= 11 is 0. The summed E-state index contributed by atoms with van der Waals surface area (Å²) in [4.78, 5) is 9.11. The van der Waals surface area contributed by atoms with Gasteiger partial charge in [-0.05, 0) is 43.2 Å². The van der Waals surface area contributed by atoms with Crippen LogP contribution in [0, 0.1) is 11.6 Å². The van der Waals surface area contributed by atoms with Crippen molar-refractivity contribution >= 4 is 16.6 Å². The smallest absolute Gasteiger partial charge is 0.266 e. The molecule has 9 heteroatoms. The Labute approximate surface area is 185 Å². The molecule has 5 nitrogen and oxygen atoms in total. The number of hydrogen-bond donors (Lipinski definition) is 1. The quantitative estimate of drug-likeness (QED) is 0.321. The normalized spacial score (nSPS) is 14.5. The van der Waals surface area contributed by atoms with E-state index in [1.54, 1.807) is 22.7 Å². The molecule has 1 aliphatic rings. The Morgan fingerprint density at radius 1 is 1.06 bits per heavy atom. The summed E-state index contributed by atoms with van der Waals surface area (Å²) in [5, 5.41) is 7.06. The predicted molar refractivity (Wildman–Crippen MR) is 115 cm³/mol. The Morgan fingerprint density at radius 3 is 2.67 bits per heavy atom. The van der Waals surface area contributed by atoms with Gasteiger partial charge in [0.15, 0.2) is 5.65 Å². The second-order valence-electron chi connectivity index (χ2n) is 8.27. The largest absolute Gasteiger partial charge is 0.296 e. The van der Waals surface area contributed by atoms with E-state index in [2.05, 4.69) is 15.2 Å². The average molecular weight is 451 g/mol. The van der Waals surface area contributed by atoms with Gasteiger partial charge in [-0.1, -0.05) is 6.42 Å². The van der Waals surface area contributed by atoms with E-state index in [0.717, 1.165) is 37.1 Å². The molecular weight excluding hydrogens is 434 g/mol. The molecule has 0 spiro atoms. The number of nitrogens with zero attached hydrogens (tertiary/aromatic N) is 4. The number of aromatic amines is 1. The zero-order valence-corrected chi connectivity index (χ0v) is 17.2. The van der Waals surface area contributed by atoms with Crippen LogP contribution in [-0.2, 0) is 0 Å². The molecule has 0 aliphatic heterocycles. The zero-order valence-electron chi connectivity index (χ0n) is 17.2. The van der Waals surface area contributed by atoms with Crippen LogP contribution in [0.5, 0.6) is 0 Å². The molecular formula is C24H17F4N5. The van der Waals surface area contributed by atoms with Crippen LogP contribution in [0.2, 0.25) is 0 Å². The second kappa shape index (κ2) is 7.40. The van der Waals surface area contributed by atoms with E-state index in [1.165, 1.54) is 18.5 Å². The molecule has 3 aromatic heterocycles. The third kappa shape index (κ3) is 3.10. The first-order valence-corrected chi connectivity index (χ1v) is 10.6. The fraction of sp³-hybridized carbons (Fsp3) is 0.208. The van der Waals surface area contributed by atoms with Crippen LogP contribution in [0.4, 0.5) is 17.6 Å². The number of imidazole rings is 1. The highest BCUT2D eigenvalue weighted by Gasteiger charge is 2.29. The second-order valence-corrected chi connectivity index (χ2v) is 8.27. The van der Waals surface area contributed by atoms with Crippen LogP contribution in [-0.4, -0.2) is 24.6 Å². The summed E-state index contributed by atoms with van der Waals surface area (Å²) in [6.07, 6.45) is 4.67. The van der Waals surface area contributed by atoms with Gasteiger partial charge in [-0.3, -0.25) is 14.5 Å². The predicted octanol–water partition coefficient (Wildman–Crippen LogP) is 6.42. The van der Waals surface area contributed by atoms with Gasteiger partial charge in [-0.2, -0.15) is 5.10 Å². The van der Waals surface area contributed by atoms with E-state index in [9.17, 15) is 13.2 Å². The molecule has 0 saturated heterocycles. The van der Waals surface area contributed by atoms with Crippen LogP contribution in [0.3, 0.4) is 0 Å². The Hall–Kier alpha value is -3.75. The van der Waals surface area contributed by atoms with Crippen molar-refractivity contribution in [3.8, 4) is 22.5 Å². The monoisotopic (exact) mass is 451 g/mol. The van der Waals surface area contributed by atoms with Gasteiger partial charge >= 0.3 is 0 Å². The molecule has 5 aromatic rings. The van der Waals surface area contributed by atoms with Gasteiger partial charge in [0.25, 0.3) is 6.43 Å². The minimum absolute atomic E-state index is 0.207. The maximum Gasteiger partial charge on any atom is 0.266 e. The Balaban J connectivity index is 1.59. The van der Waals surface area contributed by atoms with Crippen LogP contribution in [0.15, 0.2) is 48.9 Å². The third-order valence-electron chi connectivity index (χ3n) is 6.37. The van der Waals surface area contributed by atoms with Crippen molar-refractivity contribution in [2.24, 2.45) is 0 Å². The molecule has 1 fully saturated rings. The minimum Gasteiger partial charge on any atom is -0.296 e. The SMILES string of the molecule is Fc1ccc(-c2cn3c(-c4ccc5[nH]ncc5c4F)c(C4CCC4)nc3cn2)cc1C(F)F. The minimum atomic E-state index is -2.95. The fourth-order valence-electron chi connectivity index (χ4n) is 4.39. The molecule has 3 heterocycles. The highest BCUT2D eigenvalue weighted by molar-refractivity contribution is 5.85. The first kappa shape index (κ1) is 19.9. The summed E-state index contributed by atoms with van der Waals surface area (Å²) in [6.45, 7) is 0. The molecule has 1 aliphatic carbocycles. The first-order valence-electron chi connectivity index (χ1n) is 10.6. The van der Waals surface area contributed by atoms with Gasteiger partial charge < -0.3 is 0 Å². The fourth-order valence-corrected chi connectivity index (χ4v) is 4.39. The number of H-pyrrole nitrogens is 1. The van der Waals surface area contributed by atoms with E-state index in [-0.39, 0.29) is 5.92 Å². The van der Waals surface area contributed by atoms with Crippen molar-refractivity contribution in [2.45, 2.75) is 31.6 Å². The van der Waals surface area contributed by atoms with E-state index >= 15 is 4.39 Å². The maximum atomic E-state index is 15.5. The summed E-state index contributed by atoms with van der Waals surface area (Å²) in [7, 11) is 0. The Bertz CT molecular complexity index is 1520. The highest BCUT2D eigenvalue weighted by atomic mass is 19.3. The molecule has 0 radical (unpaired) electrons. The van der Waals surface area contributed by atoms with Crippen molar-refractivity contribution in [2.75, 3.05) is 0 Å². The molecule has 2 aromatic carbocycles. The molecule has 166 valence electrons. The lowest BCUT2D eigenvalue weighted by Crippen LogP contribution is -2.10. The van der Waals surface area contributed by atoms with Gasteiger partial charge in [0.05, 0.1) is 45.9 Å². The topological polar surface area (TPSA) is 58.9 Å². The molecule has 0 unspecified atom stereocenters. The van der Waals surface area contributed by atoms with Gasteiger partial charge in [0.1, 0.15) is 11.6 Å². The number of alkyl halides is 2. The van der Waals surface area contributed by atoms with Crippen LogP contribution in [0.25, 0.3) is 39.1 Å². The Kier molecular flexibility index (Phi) is 4.46. The molecule has 1 saturated carbocycles. The van der Waals surface area contributed by atoms with Crippen molar-refractivity contribution in [1.29, 1.82) is 0 Å². The van der Waals surface area contributed by atoms with E-state index in [4.69, 9.17) is 4.98 Å². The van der Waals surface area contributed by atoms with Crippen molar-refractivity contribution in [1.82, 2.24) is 24.6 Å². The zero-order chi connectivity index (χ0) is 22.7. The van der Waals surface area contributed by atoms with E-state index in [0.29, 0.717) is 39.1 Å². The third-order valence-corrected chi connectivity index (χ3v) is 6.37. The lowest BCUT2D eigenvalue weighted by atomic mass is 9.81. The van der Waals surface area contributed by atoms with Crippen molar-refractivity contribution < 1.29 is 17.6 Å². The van der Waals surface area contributed by atoms with E-state index < -0.39 is 23.6 Å². The van der Waals surface area contributed by atoms with Gasteiger partial charge in [0, 0.05) is 23.2 Å².